The van der Waals surface area contributed by atoms with Crippen molar-refractivity contribution in [1.82, 2.24) is 10.2 Å². The molecule has 0 bridgehead atoms. The van der Waals surface area contributed by atoms with Gasteiger partial charge >= 0.3 is 0 Å². The Labute approximate surface area is 249 Å². The number of nitrogens with one attached hydrogen (secondary N) is 1. The summed E-state index contributed by atoms with van der Waals surface area (Å²) >= 11 is 0. The van der Waals surface area contributed by atoms with Gasteiger partial charge in [0.1, 0.15) is 12.6 Å². The van der Waals surface area contributed by atoms with Crippen LogP contribution in [-0.2, 0) is 26.2 Å². The Kier molecular flexibility index (Phi) is 10.6. The van der Waals surface area contributed by atoms with Crippen LogP contribution in [0.1, 0.15) is 45.2 Å². The second kappa shape index (κ2) is 13.7. The molecule has 0 radical (unpaired) electrons. The van der Waals surface area contributed by atoms with Crippen molar-refractivity contribution in [1.29, 1.82) is 0 Å². The first kappa shape index (κ1) is 32.5. The zero-order valence-corrected chi connectivity index (χ0v) is 26.2. The molecule has 226 valence electrons. The average molecular weight is 596 g/mol. The Morgan fingerprint density at radius 3 is 2.07 bits per heavy atom. The number of nitrogens with zero attached hydrogens (tertiary/aromatic N) is 2. The highest BCUT2D eigenvalue weighted by molar-refractivity contribution is 7.92. The Hall–Kier alpha value is -4.05. The Balaban J connectivity index is 2.08. The molecule has 1 N–H and O–H groups in total. The third-order valence-electron chi connectivity index (χ3n) is 6.62. The molecule has 42 heavy (non-hydrogen) atoms. The molecular weight excluding hydrogens is 554 g/mol. The van der Waals surface area contributed by atoms with E-state index in [1.807, 2.05) is 58.9 Å². The van der Waals surface area contributed by atoms with Gasteiger partial charge in [-0.2, -0.15) is 0 Å². The Morgan fingerprint density at radius 1 is 0.905 bits per heavy atom. The fourth-order valence-corrected chi connectivity index (χ4v) is 5.92. The maximum absolute atomic E-state index is 14.2. The normalized spacial score (nSPS) is 12.3. The zero-order valence-electron chi connectivity index (χ0n) is 25.4. The molecule has 10 heteroatoms. The molecule has 3 aromatic carbocycles. The van der Waals surface area contributed by atoms with Gasteiger partial charge in [-0.25, -0.2) is 8.42 Å². The lowest BCUT2D eigenvalue weighted by molar-refractivity contribution is -0.141. The molecular formula is C32H41N3O6S. The molecule has 1 atom stereocenters. The van der Waals surface area contributed by atoms with Crippen LogP contribution in [0.15, 0.2) is 77.7 Å². The van der Waals surface area contributed by atoms with E-state index < -0.39 is 34.1 Å². The SMILES string of the molecule is CC[C@@H](C(=O)NC(C)(C)C)N(Cc1ccc(C)cc1)C(=O)CN(c1ccccc1)S(=O)(=O)c1ccc(OC)c(OC)c1. The minimum Gasteiger partial charge on any atom is -0.493 e. The van der Waals surface area contributed by atoms with Gasteiger partial charge in [0.15, 0.2) is 11.5 Å². The van der Waals surface area contributed by atoms with Gasteiger partial charge in [-0.1, -0.05) is 55.0 Å². The van der Waals surface area contributed by atoms with Crippen LogP contribution in [0.25, 0.3) is 0 Å². The first-order chi connectivity index (χ1) is 19.8. The second-order valence-corrected chi connectivity index (χ2v) is 12.9. The van der Waals surface area contributed by atoms with Crippen molar-refractivity contribution in [2.45, 2.75) is 64.1 Å². The van der Waals surface area contributed by atoms with E-state index in [0.29, 0.717) is 17.9 Å². The minimum absolute atomic E-state index is 0.0700. The molecule has 0 spiro atoms. The van der Waals surface area contributed by atoms with Gasteiger partial charge < -0.3 is 19.7 Å². The average Bonchev–Trinajstić information content (AvgIpc) is 2.95. The number of sulfonamides is 1. The molecule has 0 saturated carbocycles. The number of aryl methyl sites for hydroxylation is 1. The molecule has 0 fully saturated rings. The maximum atomic E-state index is 14.2. The summed E-state index contributed by atoms with van der Waals surface area (Å²) in [5.74, 6) is -0.207. The minimum atomic E-state index is -4.25. The molecule has 0 aliphatic rings. The maximum Gasteiger partial charge on any atom is 0.264 e. The first-order valence-electron chi connectivity index (χ1n) is 13.8. The number of hydrogen-bond acceptors (Lipinski definition) is 6. The molecule has 3 aromatic rings. The second-order valence-electron chi connectivity index (χ2n) is 11.0. The molecule has 9 nitrogen and oxygen atoms in total. The van der Waals surface area contributed by atoms with Gasteiger partial charge in [-0.3, -0.25) is 13.9 Å². The number of para-hydroxylation sites is 1. The Morgan fingerprint density at radius 2 is 1.52 bits per heavy atom. The van der Waals surface area contributed by atoms with Crippen molar-refractivity contribution in [3.05, 3.63) is 83.9 Å². The molecule has 0 saturated heterocycles. The smallest absolute Gasteiger partial charge is 0.264 e. The van der Waals surface area contributed by atoms with Crippen molar-refractivity contribution < 1.29 is 27.5 Å². The van der Waals surface area contributed by atoms with E-state index in [9.17, 15) is 18.0 Å². The number of benzene rings is 3. The van der Waals surface area contributed by atoms with E-state index in [0.717, 1.165) is 15.4 Å². The monoisotopic (exact) mass is 595 g/mol. The molecule has 3 rings (SSSR count). The molecule has 0 aliphatic heterocycles. The fourth-order valence-electron chi connectivity index (χ4n) is 4.49. The lowest BCUT2D eigenvalue weighted by Gasteiger charge is -2.34. The van der Waals surface area contributed by atoms with Crippen LogP contribution in [0, 0.1) is 6.92 Å². The van der Waals surface area contributed by atoms with Gasteiger partial charge in [-0.15, -0.1) is 0 Å². The van der Waals surface area contributed by atoms with E-state index in [1.165, 1.54) is 37.3 Å². The summed E-state index contributed by atoms with van der Waals surface area (Å²) in [6.07, 6.45) is 0.341. The summed E-state index contributed by atoms with van der Waals surface area (Å²) < 4.78 is 39.9. The third kappa shape index (κ3) is 8.03. The van der Waals surface area contributed by atoms with Gasteiger partial charge in [-0.05, 0) is 63.9 Å². The number of ether oxygens (including phenoxy) is 2. The van der Waals surface area contributed by atoms with Crippen molar-refractivity contribution >= 4 is 27.5 Å². The molecule has 2 amide bonds. The topological polar surface area (TPSA) is 105 Å². The highest BCUT2D eigenvalue weighted by Gasteiger charge is 2.35. The van der Waals surface area contributed by atoms with Crippen molar-refractivity contribution in [3.63, 3.8) is 0 Å². The van der Waals surface area contributed by atoms with Gasteiger partial charge in [0.25, 0.3) is 10.0 Å². The van der Waals surface area contributed by atoms with E-state index in [-0.39, 0.29) is 23.1 Å². The van der Waals surface area contributed by atoms with Crippen LogP contribution in [0.2, 0.25) is 0 Å². The molecule has 0 aliphatic carbocycles. The van der Waals surface area contributed by atoms with E-state index in [2.05, 4.69) is 5.32 Å². The highest BCUT2D eigenvalue weighted by Crippen LogP contribution is 2.32. The van der Waals surface area contributed by atoms with E-state index in [1.54, 1.807) is 30.3 Å². The van der Waals surface area contributed by atoms with E-state index in [4.69, 9.17) is 9.47 Å². The van der Waals surface area contributed by atoms with Crippen LogP contribution < -0.4 is 19.1 Å². The predicted molar refractivity (Wildman–Crippen MR) is 164 cm³/mol. The summed E-state index contributed by atoms with van der Waals surface area (Å²) in [5.41, 5.74) is 1.68. The van der Waals surface area contributed by atoms with Crippen molar-refractivity contribution in [3.8, 4) is 11.5 Å². The van der Waals surface area contributed by atoms with Crippen molar-refractivity contribution in [2.75, 3.05) is 25.1 Å². The van der Waals surface area contributed by atoms with Crippen LogP contribution in [-0.4, -0.2) is 57.5 Å². The predicted octanol–water partition coefficient (Wildman–Crippen LogP) is 4.93. The largest absolute Gasteiger partial charge is 0.493 e. The fraction of sp³-hybridized carbons (Fsp3) is 0.375. The molecule has 0 aromatic heterocycles. The third-order valence-corrected chi connectivity index (χ3v) is 8.39. The van der Waals surface area contributed by atoms with Gasteiger partial charge in [0, 0.05) is 18.2 Å². The van der Waals surface area contributed by atoms with Gasteiger partial charge in [0.2, 0.25) is 11.8 Å². The van der Waals surface area contributed by atoms with Crippen LogP contribution in [0.4, 0.5) is 5.69 Å². The summed E-state index contributed by atoms with van der Waals surface area (Å²) in [7, 11) is -1.37. The number of carbonyl (C=O) groups is 2. The zero-order chi connectivity index (χ0) is 31.1. The van der Waals surface area contributed by atoms with Crippen molar-refractivity contribution in [2.24, 2.45) is 0 Å². The number of anilines is 1. The quantitative estimate of drug-likeness (QED) is 0.318. The number of carbonyl (C=O) groups excluding carboxylic acids is 2. The van der Waals surface area contributed by atoms with E-state index >= 15 is 0 Å². The summed E-state index contributed by atoms with van der Waals surface area (Å²) in [6, 6.07) is 19.6. The summed E-state index contributed by atoms with van der Waals surface area (Å²) in [6.45, 7) is 9.02. The number of hydrogen-bond donors (Lipinski definition) is 1. The highest BCUT2D eigenvalue weighted by atomic mass is 32.2. The van der Waals surface area contributed by atoms with Crippen LogP contribution >= 0.6 is 0 Å². The number of rotatable bonds is 12. The standard InChI is InChI=1S/C32H41N3O6S/c1-8-27(31(37)33-32(3,4)5)34(21-24-16-14-23(2)15-17-24)30(36)22-35(25-12-10-9-11-13-25)42(38,39)26-18-19-28(40-6)29(20-26)41-7/h9-20,27H,8,21-22H2,1-7H3,(H,33,37)/t27-/m0/s1. The lowest BCUT2D eigenvalue weighted by atomic mass is 10.1. The Bertz CT molecular complexity index is 1470. The summed E-state index contributed by atoms with van der Waals surface area (Å²) in [4.78, 5) is 29.0. The number of methoxy groups -OCH3 is 2. The lowest BCUT2D eigenvalue weighted by Crippen LogP contribution is -2.55. The molecule has 0 heterocycles. The first-order valence-corrected chi connectivity index (χ1v) is 15.2. The van der Waals surface area contributed by atoms with Gasteiger partial charge in [0.05, 0.1) is 24.8 Å². The number of amides is 2. The van der Waals surface area contributed by atoms with Crippen LogP contribution in [0.3, 0.4) is 0 Å². The van der Waals surface area contributed by atoms with Crippen LogP contribution in [0.5, 0.6) is 11.5 Å². The summed E-state index contributed by atoms with van der Waals surface area (Å²) in [5, 5.41) is 2.97. The molecule has 0 unspecified atom stereocenters.